The number of hydrogen-bond donors (Lipinski definition) is 2. The fraction of sp³-hybridized carbons (Fsp3) is 0.923. The summed E-state index contributed by atoms with van der Waals surface area (Å²) >= 11 is 0. The van der Waals surface area contributed by atoms with Gasteiger partial charge in [0.15, 0.2) is 5.96 Å². The summed E-state index contributed by atoms with van der Waals surface area (Å²) in [5.41, 5.74) is 6.34. The third kappa shape index (κ3) is 3.13. The van der Waals surface area contributed by atoms with Crippen LogP contribution in [0.15, 0.2) is 4.99 Å². The van der Waals surface area contributed by atoms with Gasteiger partial charge >= 0.3 is 0 Å². The van der Waals surface area contributed by atoms with Crippen LogP contribution in [0.3, 0.4) is 0 Å². The number of guanidine groups is 1. The molecule has 3 N–H and O–H groups in total. The molecule has 0 bridgehead atoms. The SMILES string of the molecule is CC1(C)CC1N=C(N)NC1CCCCCC1. The van der Waals surface area contributed by atoms with Crippen molar-refractivity contribution in [3.8, 4) is 0 Å². The molecule has 0 saturated heterocycles. The standard InChI is InChI=1S/C13H25N3/c1-13(2)9-11(13)16-12(14)15-10-7-5-3-4-6-8-10/h10-11H,3-9H2,1-2H3,(H3,14,15,16). The Labute approximate surface area is 98.9 Å². The van der Waals surface area contributed by atoms with E-state index in [9.17, 15) is 0 Å². The van der Waals surface area contributed by atoms with Gasteiger partial charge in [-0.2, -0.15) is 0 Å². The highest BCUT2D eigenvalue weighted by atomic mass is 15.1. The Kier molecular flexibility index (Phi) is 3.41. The van der Waals surface area contributed by atoms with Crippen molar-refractivity contribution >= 4 is 5.96 Å². The summed E-state index contributed by atoms with van der Waals surface area (Å²) in [4.78, 5) is 4.55. The largest absolute Gasteiger partial charge is 0.370 e. The fourth-order valence-corrected chi connectivity index (χ4v) is 2.50. The number of nitrogens with two attached hydrogens (primary N) is 1. The summed E-state index contributed by atoms with van der Waals surface area (Å²) in [6, 6.07) is 1.01. The second-order valence-electron chi connectivity index (χ2n) is 6.06. The van der Waals surface area contributed by atoms with Gasteiger partial charge in [0, 0.05) is 6.04 Å². The van der Waals surface area contributed by atoms with Crippen LogP contribution in [0.25, 0.3) is 0 Å². The van der Waals surface area contributed by atoms with Gasteiger partial charge in [0.25, 0.3) is 0 Å². The van der Waals surface area contributed by atoms with Gasteiger partial charge in [-0.3, -0.25) is 0 Å². The molecule has 1 unspecified atom stereocenters. The molecule has 0 aliphatic heterocycles. The molecular formula is C13H25N3. The smallest absolute Gasteiger partial charge is 0.189 e. The van der Waals surface area contributed by atoms with Crippen molar-refractivity contribution in [2.75, 3.05) is 0 Å². The van der Waals surface area contributed by atoms with E-state index in [0.717, 1.165) is 0 Å². The lowest BCUT2D eigenvalue weighted by atomic mass is 10.1. The quantitative estimate of drug-likeness (QED) is 0.429. The second-order valence-corrected chi connectivity index (χ2v) is 6.06. The van der Waals surface area contributed by atoms with E-state index >= 15 is 0 Å². The lowest BCUT2D eigenvalue weighted by Crippen LogP contribution is -2.40. The first-order valence-electron chi connectivity index (χ1n) is 6.68. The third-order valence-corrected chi connectivity index (χ3v) is 3.96. The zero-order valence-electron chi connectivity index (χ0n) is 10.6. The van der Waals surface area contributed by atoms with Crippen molar-refractivity contribution in [3.05, 3.63) is 0 Å². The van der Waals surface area contributed by atoms with Crippen LogP contribution in [0.4, 0.5) is 0 Å². The van der Waals surface area contributed by atoms with Crippen LogP contribution < -0.4 is 11.1 Å². The summed E-state index contributed by atoms with van der Waals surface area (Å²) in [6.07, 6.45) is 9.12. The minimum absolute atomic E-state index is 0.385. The molecule has 2 aliphatic rings. The number of nitrogens with one attached hydrogen (secondary N) is 1. The average Bonchev–Trinajstić information content (AvgIpc) is 2.86. The van der Waals surface area contributed by atoms with Crippen LogP contribution in [0, 0.1) is 5.41 Å². The molecule has 0 aromatic heterocycles. The maximum atomic E-state index is 5.96. The highest BCUT2D eigenvalue weighted by molar-refractivity contribution is 5.78. The molecule has 2 saturated carbocycles. The molecule has 0 aromatic rings. The molecule has 2 fully saturated rings. The van der Waals surface area contributed by atoms with Gasteiger partial charge < -0.3 is 11.1 Å². The maximum absolute atomic E-state index is 5.96. The van der Waals surface area contributed by atoms with Gasteiger partial charge in [0.1, 0.15) is 0 Å². The number of nitrogens with zero attached hydrogens (tertiary/aromatic N) is 1. The summed E-state index contributed by atoms with van der Waals surface area (Å²) in [5.74, 6) is 0.669. The molecule has 2 rings (SSSR count). The Morgan fingerprint density at radius 3 is 2.25 bits per heavy atom. The Morgan fingerprint density at radius 1 is 1.19 bits per heavy atom. The van der Waals surface area contributed by atoms with E-state index in [1.54, 1.807) is 0 Å². The Morgan fingerprint density at radius 2 is 1.75 bits per heavy atom. The first-order chi connectivity index (χ1) is 7.58. The highest BCUT2D eigenvalue weighted by Gasteiger charge is 2.46. The molecule has 0 spiro atoms. The molecule has 16 heavy (non-hydrogen) atoms. The molecule has 3 nitrogen and oxygen atoms in total. The van der Waals surface area contributed by atoms with E-state index in [1.807, 2.05) is 0 Å². The van der Waals surface area contributed by atoms with Crippen molar-refractivity contribution in [1.82, 2.24) is 5.32 Å². The van der Waals surface area contributed by atoms with E-state index in [2.05, 4.69) is 24.2 Å². The van der Waals surface area contributed by atoms with Crippen molar-refractivity contribution in [2.24, 2.45) is 16.1 Å². The van der Waals surface area contributed by atoms with Crippen molar-refractivity contribution in [3.63, 3.8) is 0 Å². The van der Waals surface area contributed by atoms with Crippen LogP contribution in [0.1, 0.15) is 58.8 Å². The molecule has 1 atom stereocenters. The van der Waals surface area contributed by atoms with Crippen LogP contribution in [-0.4, -0.2) is 18.0 Å². The molecule has 2 aliphatic carbocycles. The van der Waals surface area contributed by atoms with E-state index in [0.29, 0.717) is 23.5 Å². The monoisotopic (exact) mass is 223 g/mol. The second kappa shape index (κ2) is 4.64. The molecule has 0 heterocycles. The summed E-state index contributed by atoms with van der Waals surface area (Å²) in [5, 5.41) is 3.40. The first-order valence-corrected chi connectivity index (χ1v) is 6.68. The average molecular weight is 223 g/mol. The van der Waals surface area contributed by atoms with Crippen molar-refractivity contribution in [2.45, 2.75) is 70.9 Å². The summed E-state index contributed by atoms with van der Waals surface area (Å²) < 4.78 is 0. The molecular weight excluding hydrogens is 198 g/mol. The summed E-state index contributed by atoms with van der Waals surface area (Å²) in [7, 11) is 0. The van der Waals surface area contributed by atoms with Crippen molar-refractivity contribution in [1.29, 1.82) is 0 Å². The van der Waals surface area contributed by atoms with Gasteiger partial charge in [-0.15, -0.1) is 0 Å². The van der Waals surface area contributed by atoms with Crippen LogP contribution in [0.5, 0.6) is 0 Å². The predicted octanol–water partition coefficient (Wildman–Crippen LogP) is 2.41. The zero-order chi connectivity index (χ0) is 11.6. The van der Waals surface area contributed by atoms with Gasteiger partial charge in [-0.25, -0.2) is 4.99 Å². The van der Waals surface area contributed by atoms with Gasteiger partial charge in [-0.1, -0.05) is 39.5 Å². The first kappa shape index (κ1) is 11.7. The Hall–Kier alpha value is -0.730. The molecule has 0 aromatic carbocycles. The van der Waals surface area contributed by atoms with E-state index in [1.165, 1.54) is 44.9 Å². The van der Waals surface area contributed by atoms with Crippen LogP contribution >= 0.6 is 0 Å². The predicted molar refractivity (Wildman–Crippen MR) is 68.4 cm³/mol. The third-order valence-electron chi connectivity index (χ3n) is 3.96. The molecule has 92 valence electrons. The number of rotatable bonds is 2. The number of aliphatic imine (C=N–C) groups is 1. The van der Waals surface area contributed by atoms with E-state index in [-0.39, 0.29) is 0 Å². The Balaban J connectivity index is 1.79. The summed E-state index contributed by atoms with van der Waals surface area (Å²) in [6.45, 7) is 4.50. The lowest BCUT2D eigenvalue weighted by Gasteiger charge is -2.16. The van der Waals surface area contributed by atoms with Gasteiger partial charge in [0.05, 0.1) is 6.04 Å². The molecule has 0 radical (unpaired) electrons. The number of hydrogen-bond acceptors (Lipinski definition) is 1. The zero-order valence-corrected chi connectivity index (χ0v) is 10.6. The minimum Gasteiger partial charge on any atom is -0.370 e. The van der Waals surface area contributed by atoms with Crippen LogP contribution in [-0.2, 0) is 0 Å². The minimum atomic E-state index is 0.385. The van der Waals surface area contributed by atoms with Gasteiger partial charge in [0.2, 0.25) is 0 Å². The molecule has 3 heteroatoms. The molecule has 0 amide bonds. The van der Waals surface area contributed by atoms with E-state index in [4.69, 9.17) is 5.73 Å². The van der Waals surface area contributed by atoms with Gasteiger partial charge in [-0.05, 0) is 24.7 Å². The normalized spacial score (nSPS) is 30.9. The Bertz CT molecular complexity index is 262. The highest BCUT2D eigenvalue weighted by Crippen LogP contribution is 2.47. The van der Waals surface area contributed by atoms with E-state index < -0.39 is 0 Å². The van der Waals surface area contributed by atoms with Crippen molar-refractivity contribution < 1.29 is 0 Å². The lowest BCUT2D eigenvalue weighted by molar-refractivity contribution is 0.528. The maximum Gasteiger partial charge on any atom is 0.189 e. The topological polar surface area (TPSA) is 50.4 Å². The van der Waals surface area contributed by atoms with Crippen LogP contribution in [0.2, 0.25) is 0 Å². The fourth-order valence-electron chi connectivity index (χ4n) is 2.50.